The molecule has 0 N–H and O–H groups in total. The minimum absolute atomic E-state index is 0.629. The van der Waals surface area contributed by atoms with Crippen LogP contribution >= 0.6 is 11.3 Å². The van der Waals surface area contributed by atoms with Crippen molar-refractivity contribution in [2.75, 3.05) is 0 Å². The van der Waals surface area contributed by atoms with E-state index in [0.717, 1.165) is 12.1 Å². The first-order valence-corrected chi connectivity index (χ1v) is 6.47. The molecular weight excluding hydrogens is 214 g/mol. The Bertz CT molecular complexity index is 454. The first kappa shape index (κ1) is 11.3. The van der Waals surface area contributed by atoms with Crippen LogP contribution in [0.1, 0.15) is 40.8 Å². The van der Waals surface area contributed by atoms with Crippen LogP contribution in [0.4, 0.5) is 0 Å². The topological polar surface area (TPSA) is 12.9 Å². The molecule has 0 aliphatic carbocycles. The molecule has 0 atom stereocenters. The highest BCUT2D eigenvalue weighted by atomic mass is 32.1. The summed E-state index contributed by atoms with van der Waals surface area (Å²) < 4.78 is 0. The summed E-state index contributed by atoms with van der Waals surface area (Å²) in [6.45, 7) is 6.54. The fourth-order valence-electron chi connectivity index (χ4n) is 1.58. The van der Waals surface area contributed by atoms with Crippen LogP contribution in [0.15, 0.2) is 30.5 Å². The van der Waals surface area contributed by atoms with E-state index >= 15 is 0 Å². The molecule has 2 rings (SSSR count). The lowest BCUT2D eigenvalue weighted by atomic mass is 10.2. The molecule has 0 unspecified atom stereocenters. The van der Waals surface area contributed by atoms with E-state index in [0.29, 0.717) is 5.92 Å². The molecule has 16 heavy (non-hydrogen) atoms. The maximum Gasteiger partial charge on any atom is 0.0455 e. The van der Waals surface area contributed by atoms with Gasteiger partial charge in [0.25, 0.3) is 0 Å². The van der Waals surface area contributed by atoms with Crippen molar-refractivity contribution in [3.8, 4) is 0 Å². The molecule has 0 aliphatic rings. The Kier molecular flexibility index (Phi) is 3.39. The normalized spacial score (nSPS) is 11.0. The fraction of sp³-hybridized carbons (Fsp3) is 0.357. The van der Waals surface area contributed by atoms with Gasteiger partial charge in [0.1, 0.15) is 0 Å². The van der Waals surface area contributed by atoms with Gasteiger partial charge in [-0.25, -0.2) is 0 Å². The molecule has 0 aliphatic heterocycles. The number of nitrogens with zero attached hydrogens (tertiary/aromatic N) is 1. The van der Waals surface area contributed by atoms with Gasteiger partial charge >= 0.3 is 0 Å². The molecule has 2 heteroatoms. The number of thiophene rings is 1. The van der Waals surface area contributed by atoms with E-state index in [1.165, 1.54) is 15.3 Å². The smallest absolute Gasteiger partial charge is 0.0455 e. The van der Waals surface area contributed by atoms with Crippen LogP contribution in [0.3, 0.4) is 0 Å². The Morgan fingerprint density at radius 1 is 1.19 bits per heavy atom. The van der Waals surface area contributed by atoms with E-state index in [1.54, 1.807) is 0 Å². The van der Waals surface area contributed by atoms with E-state index in [4.69, 9.17) is 0 Å². The fourth-order valence-corrected chi connectivity index (χ4v) is 2.61. The number of pyridine rings is 1. The lowest BCUT2D eigenvalue weighted by Gasteiger charge is -2.00. The van der Waals surface area contributed by atoms with Crippen LogP contribution in [-0.4, -0.2) is 4.98 Å². The Morgan fingerprint density at radius 3 is 2.56 bits per heavy atom. The van der Waals surface area contributed by atoms with Gasteiger partial charge in [-0.15, -0.1) is 11.3 Å². The second-order valence-electron chi connectivity index (χ2n) is 4.46. The number of hydrogen-bond donors (Lipinski definition) is 0. The largest absolute Gasteiger partial charge is 0.261 e. The highest BCUT2D eigenvalue weighted by Crippen LogP contribution is 2.25. The average molecular weight is 231 g/mol. The number of aryl methyl sites for hydroxylation is 1. The maximum atomic E-state index is 4.43. The van der Waals surface area contributed by atoms with Crippen molar-refractivity contribution in [1.82, 2.24) is 4.98 Å². The Hall–Kier alpha value is -1.15. The highest BCUT2D eigenvalue weighted by Gasteiger charge is 2.05. The summed E-state index contributed by atoms with van der Waals surface area (Å²) in [6, 6.07) is 8.70. The third kappa shape index (κ3) is 2.70. The first-order valence-electron chi connectivity index (χ1n) is 5.65. The minimum atomic E-state index is 0.629. The zero-order valence-electron chi connectivity index (χ0n) is 10.0. The van der Waals surface area contributed by atoms with Gasteiger partial charge in [-0.3, -0.25) is 4.98 Å². The van der Waals surface area contributed by atoms with Crippen LogP contribution < -0.4 is 0 Å². The molecule has 0 fully saturated rings. The quantitative estimate of drug-likeness (QED) is 0.772. The van der Waals surface area contributed by atoms with Gasteiger partial charge in [-0.05, 0) is 36.6 Å². The Morgan fingerprint density at radius 2 is 2.00 bits per heavy atom. The lowest BCUT2D eigenvalue weighted by Crippen LogP contribution is -1.89. The molecule has 0 aromatic carbocycles. The van der Waals surface area contributed by atoms with Crippen molar-refractivity contribution in [3.05, 3.63) is 51.5 Å². The number of aromatic nitrogens is 1. The van der Waals surface area contributed by atoms with Gasteiger partial charge in [0.05, 0.1) is 0 Å². The van der Waals surface area contributed by atoms with Gasteiger partial charge in [0, 0.05) is 28.1 Å². The first-order chi connectivity index (χ1) is 7.65. The summed E-state index contributed by atoms with van der Waals surface area (Å²) >= 11 is 1.90. The minimum Gasteiger partial charge on any atom is -0.261 e. The monoisotopic (exact) mass is 231 g/mol. The number of hydrogen-bond acceptors (Lipinski definition) is 2. The van der Waals surface area contributed by atoms with Gasteiger partial charge in [-0.1, -0.05) is 19.9 Å². The van der Waals surface area contributed by atoms with E-state index in [9.17, 15) is 0 Å². The van der Waals surface area contributed by atoms with Gasteiger partial charge < -0.3 is 0 Å². The second kappa shape index (κ2) is 4.79. The van der Waals surface area contributed by atoms with E-state index in [2.05, 4.69) is 50.0 Å². The van der Waals surface area contributed by atoms with Crippen molar-refractivity contribution < 1.29 is 0 Å². The molecule has 0 saturated carbocycles. The lowest BCUT2D eigenvalue weighted by molar-refractivity contribution is 0.890. The van der Waals surface area contributed by atoms with Crippen molar-refractivity contribution in [1.29, 1.82) is 0 Å². The van der Waals surface area contributed by atoms with Crippen LogP contribution in [0.2, 0.25) is 0 Å². The summed E-state index contributed by atoms with van der Waals surface area (Å²) in [5.41, 5.74) is 2.38. The summed E-state index contributed by atoms with van der Waals surface area (Å²) in [5.74, 6) is 0.629. The molecule has 1 nitrogen and oxygen atoms in total. The molecule has 0 amide bonds. The summed E-state index contributed by atoms with van der Waals surface area (Å²) in [6.07, 6.45) is 2.89. The number of rotatable bonds is 3. The standard InChI is InChI=1S/C14H17NS/c1-10(2)14-7-6-13(16-14)8-12-5-4-11(3)9-15-12/h4-7,9-10H,8H2,1-3H3. The summed E-state index contributed by atoms with van der Waals surface area (Å²) in [7, 11) is 0. The maximum absolute atomic E-state index is 4.43. The van der Waals surface area contributed by atoms with Crippen molar-refractivity contribution in [3.63, 3.8) is 0 Å². The van der Waals surface area contributed by atoms with Gasteiger partial charge in [0.2, 0.25) is 0 Å². The predicted octanol–water partition coefficient (Wildman–Crippen LogP) is 4.17. The summed E-state index contributed by atoms with van der Waals surface area (Å²) in [4.78, 5) is 7.30. The Balaban J connectivity index is 2.11. The SMILES string of the molecule is Cc1ccc(Cc2ccc(C(C)C)s2)nc1. The molecule has 2 aromatic heterocycles. The van der Waals surface area contributed by atoms with Crippen LogP contribution in [-0.2, 0) is 6.42 Å². The average Bonchev–Trinajstić information content (AvgIpc) is 2.70. The molecule has 2 aromatic rings. The molecule has 0 bridgehead atoms. The van der Waals surface area contributed by atoms with Crippen molar-refractivity contribution in [2.24, 2.45) is 0 Å². The van der Waals surface area contributed by atoms with Gasteiger partial charge in [0.15, 0.2) is 0 Å². The van der Waals surface area contributed by atoms with Crippen molar-refractivity contribution >= 4 is 11.3 Å². The zero-order valence-corrected chi connectivity index (χ0v) is 10.8. The van der Waals surface area contributed by atoms with E-state index < -0.39 is 0 Å². The van der Waals surface area contributed by atoms with Crippen LogP contribution in [0.5, 0.6) is 0 Å². The second-order valence-corrected chi connectivity index (χ2v) is 5.66. The van der Waals surface area contributed by atoms with Crippen molar-refractivity contribution in [2.45, 2.75) is 33.1 Å². The molecule has 2 heterocycles. The Labute approximate surface area is 101 Å². The van der Waals surface area contributed by atoms with Gasteiger partial charge in [-0.2, -0.15) is 0 Å². The molecule has 0 saturated heterocycles. The van der Waals surface area contributed by atoms with E-state index in [1.807, 2.05) is 17.5 Å². The van der Waals surface area contributed by atoms with Crippen LogP contribution in [0, 0.1) is 6.92 Å². The third-order valence-electron chi connectivity index (χ3n) is 2.58. The van der Waals surface area contributed by atoms with E-state index in [-0.39, 0.29) is 0 Å². The zero-order chi connectivity index (χ0) is 11.5. The molecule has 0 spiro atoms. The highest BCUT2D eigenvalue weighted by molar-refractivity contribution is 7.12. The van der Waals surface area contributed by atoms with Crippen LogP contribution in [0.25, 0.3) is 0 Å². The third-order valence-corrected chi connectivity index (χ3v) is 3.97. The summed E-state index contributed by atoms with van der Waals surface area (Å²) in [5, 5.41) is 0. The predicted molar refractivity (Wildman–Crippen MR) is 70.2 cm³/mol. The molecular formula is C14H17NS. The molecule has 0 radical (unpaired) electrons. The molecule has 84 valence electrons.